The molecule has 2 aromatic rings. The normalized spacial score (nSPS) is 13.9. The fraction of sp³-hybridized carbons (Fsp3) is 0.278. The number of rotatable bonds is 5. The van der Waals surface area contributed by atoms with Gasteiger partial charge in [-0.3, -0.25) is 0 Å². The monoisotopic (exact) mass is 328 g/mol. The third kappa shape index (κ3) is 4.17. The van der Waals surface area contributed by atoms with Crippen LogP contribution in [0.2, 0.25) is 0 Å². The van der Waals surface area contributed by atoms with E-state index < -0.39 is 0 Å². The van der Waals surface area contributed by atoms with E-state index in [1.54, 1.807) is 18.2 Å². The fourth-order valence-electron chi connectivity index (χ4n) is 2.53. The van der Waals surface area contributed by atoms with Crippen LogP contribution in [0.25, 0.3) is 0 Å². The number of aliphatic hydroxyl groups is 1. The maximum Gasteiger partial charge on any atom is 0.319 e. The van der Waals surface area contributed by atoms with Crippen LogP contribution in [0.4, 0.5) is 10.5 Å². The first-order valence-electron chi connectivity index (χ1n) is 7.86. The third-order valence-electron chi connectivity index (χ3n) is 3.68. The molecule has 3 rings (SSSR count). The first-order chi connectivity index (χ1) is 11.7. The second-order valence-corrected chi connectivity index (χ2v) is 5.53. The van der Waals surface area contributed by atoms with Crippen molar-refractivity contribution in [3.8, 4) is 11.5 Å². The molecule has 0 radical (unpaired) electrons. The number of anilines is 1. The Morgan fingerprint density at radius 1 is 1.08 bits per heavy atom. The summed E-state index contributed by atoms with van der Waals surface area (Å²) in [5.74, 6) is 1.28. The summed E-state index contributed by atoms with van der Waals surface area (Å²) in [5, 5.41) is 15.0. The number of fused-ring (bicyclic) bond motifs is 1. The fourth-order valence-corrected chi connectivity index (χ4v) is 2.53. The third-order valence-corrected chi connectivity index (χ3v) is 3.68. The summed E-state index contributed by atoms with van der Waals surface area (Å²) in [6, 6.07) is 14.2. The van der Waals surface area contributed by atoms with E-state index in [0.29, 0.717) is 36.8 Å². The number of hydrogen-bond acceptors (Lipinski definition) is 4. The van der Waals surface area contributed by atoms with Crippen LogP contribution in [0.3, 0.4) is 0 Å². The quantitative estimate of drug-likeness (QED) is 0.786. The van der Waals surface area contributed by atoms with Crippen LogP contribution in [-0.4, -0.2) is 37.0 Å². The number of aliphatic hydroxyl groups excluding tert-OH is 1. The molecule has 6 nitrogen and oxygen atoms in total. The van der Waals surface area contributed by atoms with Crippen molar-refractivity contribution in [3.63, 3.8) is 0 Å². The average Bonchev–Trinajstić information content (AvgIpc) is 2.62. The van der Waals surface area contributed by atoms with Crippen LogP contribution in [0.15, 0.2) is 48.5 Å². The highest BCUT2D eigenvalue weighted by Crippen LogP contribution is 2.32. The topological polar surface area (TPSA) is 79.8 Å². The summed E-state index contributed by atoms with van der Waals surface area (Å²) in [6.07, 6.45) is 0.561. The first-order valence-corrected chi connectivity index (χ1v) is 7.86. The maximum absolute atomic E-state index is 12.1. The molecule has 0 aromatic heterocycles. The van der Waals surface area contributed by atoms with Crippen molar-refractivity contribution in [3.05, 3.63) is 54.1 Å². The molecule has 3 N–H and O–H groups in total. The molecular weight excluding hydrogens is 308 g/mol. The van der Waals surface area contributed by atoms with Crippen molar-refractivity contribution in [2.45, 2.75) is 12.5 Å². The minimum absolute atomic E-state index is 0.135. The van der Waals surface area contributed by atoms with Gasteiger partial charge in [0.2, 0.25) is 0 Å². The first kappa shape index (κ1) is 16.1. The van der Waals surface area contributed by atoms with Gasteiger partial charge in [0.25, 0.3) is 0 Å². The van der Waals surface area contributed by atoms with E-state index in [1.165, 1.54) is 0 Å². The lowest BCUT2D eigenvalue weighted by molar-refractivity contribution is 0.171. The molecule has 0 fully saturated rings. The molecule has 2 aromatic carbocycles. The molecule has 24 heavy (non-hydrogen) atoms. The van der Waals surface area contributed by atoms with Crippen LogP contribution in [0.5, 0.6) is 11.5 Å². The number of urea groups is 1. The lowest BCUT2D eigenvalue weighted by Gasteiger charge is -2.20. The van der Waals surface area contributed by atoms with E-state index >= 15 is 0 Å². The number of hydrogen-bond donors (Lipinski definition) is 3. The van der Waals surface area contributed by atoms with Crippen molar-refractivity contribution in [1.29, 1.82) is 0 Å². The molecule has 1 atom stereocenters. The summed E-state index contributed by atoms with van der Waals surface area (Å²) in [6.45, 7) is 0.883. The smallest absolute Gasteiger partial charge is 0.319 e. The Morgan fingerprint density at radius 3 is 2.58 bits per heavy atom. The van der Waals surface area contributed by atoms with Gasteiger partial charge in [-0.25, -0.2) is 4.79 Å². The summed E-state index contributed by atoms with van der Waals surface area (Å²) >= 11 is 0. The number of amides is 2. The van der Waals surface area contributed by atoms with E-state index in [0.717, 1.165) is 5.56 Å². The van der Waals surface area contributed by atoms with Crippen molar-refractivity contribution >= 4 is 11.7 Å². The second-order valence-electron chi connectivity index (χ2n) is 5.53. The predicted molar refractivity (Wildman–Crippen MR) is 90.6 cm³/mol. The van der Waals surface area contributed by atoms with Crippen LogP contribution >= 0.6 is 0 Å². The molecule has 126 valence electrons. The molecular formula is C18H20N2O4. The Labute approximate surface area is 140 Å². The maximum atomic E-state index is 12.1. The minimum Gasteiger partial charge on any atom is -0.486 e. The Hall–Kier alpha value is -2.73. The SMILES string of the molecule is O=C(Nc1ccc2c(c1)OCCO2)NC(CO)Cc1ccccc1. The van der Waals surface area contributed by atoms with Crippen molar-refractivity contribution in [2.75, 3.05) is 25.1 Å². The average molecular weight is 328 g/mol. The van der Waals surface area contributed by atoms with Crippen molar-refractivity contribution in [2.24, 2.45) is 0 Å². The van der Waals surface area contributed by atoms with E-state index in [9.17, 15) is 9.90 Å². The summed E-state index contributed by atoms with van der Waals surface area (Å²) < 4.78 is 10.9. The molecule has 0 saturated heterocycles. The second kappa shape index (κ2) is 7.70. The van der Waals surface area contributed by atoms with Crippen LogP contribution in [0, 0.1) is 0 Å². The van der Waals surface area contributed by atoms with Crippen molar-refractivity contribution < 1.29 is 19.4 Å². The van der Waals surface area contributed by atoms with Crippen LogP contribution < -0.4 is 20.1 Å². The van der Waals surface area contributed by atoms with Gasteiger partial charge in [0.1, 0.15) is 13.2 Å². The lowest BCUT2D eigenvalue weighted by Crippen LogP contribution is -2.41. The van der Waals surface area contributed by atoms with Gasteiger partial charge in [-0.1, -0.05) is 30.3 Å². The summed E-state index contributed by atoms with van der Waals surface area (Å²) in [4.78, 5) is 12.1. The molecule has 1 unspecified atom stereocenters. The van der Waals surface area contributed by atoms with E-state index in [4.69, 9.17) is 9.47 Å². The molecule has 0 bridgehead atoms. The number of carbonyl (C=O) groups is 1. The summed E-state index contributed by atoms with van der Waals surface area (Å²) in [5.41, 5.74) is 1.66. The lowest BCUT2D eigenvalue weighted by atomic mass is 10.1. The van der Waals surface area contributed by atoms with Crippen LogP contribution in [-0.2, 0) is 6.42 Å². The highest BCUT2D eigenvalue weighted by atomic mass is 16.6. The van der Waals surface area contributed by atoms with E-state index in [2.05, 4.69) is 10.6 Å². The summed E-state index contributed by atoms with van der Waals surface area (Å²) in [7, 11) is 0. The highest BCUT2D eigenvalue weighted by molar-refractivity contribution is 5.89. The number of carbonyl (C=O) groups excluding carboxylic acids is 1. The molecule has 0 saturated carbocycles. The van der Waals surface area contributed by atoms with E-state index in [-0.39, 0.29) is 18.7 Å². The van der Waals surface area contributed by atoms with Gasteiger partial charge in [0.05, 0.1) is 12.6 Å². The van der Waals surface area contributed by atoms with Gasteiger partial charge < -0.3 is 25.2 Å². The molecule has 0 aliphatic carbocycles. The number of benzene rings is 2. The largest absolute Gasteiger partial charge is 0.486 e. The van der Waals surface area contributed by atoms with Gasteiger partial charge in [0.15, 0.2) is 11.5 Å². The predicted octanol–water partition coefficient (Wildman–Crippen LogP) is 2.18. The van der Waals surface area contributed by atoms with Gasteiger partial charge >= 0.3 is 6.03 Å². The molecule has 1 aliphatic heterocycles. The zero-order chi connectivity index (χ0) is 16.8. The number of nitrogens with one attached hydrogen (secondary N) is 2. The Balaban J connectivity index is 1.58. The van der Waals surface area contributed by atoms with Crippen LogP contribution in [0.1, 0.15) is 5.56 Å². The standard InChI is InChI=1S/C18H20N2O4/c21-12-15(10-13-4-2-1-3-5-13)20-18(22)19-14-6-7-16-17(11-14)24-9-8-23-16/h1-7,11,15,21H,8-10,12H2,(H2,19,20,22). The molecule has 6 heteroatoms. The van der Waals surface area contributed by atoms with Gasteiger partial charge in [-0.2, -0.15) is 0 Å². The van der Waals surface area contributed by atoms with Gasteiger partial charge in [-0.15, -0.1) is 0 Å². The zero-order valence-electron chi connectivity index (χ0n) is 13.2. The molecule has 1 heterocycles. The van der Waals surface area contributed by atoms with Crippen molar-refractivity contribution in [1.82, 2.24) is 5.32 Å². The zero-order valence-corrected chi connectivity index (χ0v) is 13.2. The molecule has 0 spiro atoms. The van der Waals surface area contributed by atoms with Gasteiger partial charge in [0, 0.05) is 11.8 Å². The Bertz CT molecular complexity index is 691. The Kier molecular flexibility index (Phi) is 5.18. The van der Waals surface area contributed by atoms with Gasteiger partial charge in [-0.05, 0) is 24.1 Å². The Morgan fingerprint density at radius 2 is 1.83 bits per heavy atom. The van der Waals surface area contributed by atoms with E-state index in [1.807, 2.05) is 30.3 Å². The molecule has 1 aliphatic rings. The highest BCUT2D eigenvalue weighted by Gasteiger charge is 2.15. The minimum atomic E-state index is -0.373. The number of ether oxygens (including phenoxy) is 2. The molecule has 2 amide bonds.